The molecule has 0 unspecified atom stereocenters. The van der Waals surface area contributed by atoms with Crippen molar-refractivity contribution in [1.82, 2.24) is 4.57 Å². The van der Waals surface area contributed by atoms with E-state index in [0.29, 0.717) is 17.7 Å². The number of rotatable bonds is 1. The van der Waals surface area contributed by atoms with Crippen molar-refractivity contribution in [3.8, 4) is 5.69 Å². The molecule has 98 valence electrons. The first-order chi connectivity index (χ1) is 9.06. The van der Waals surface area contributed by atoms with E-state index in [-0.39, 0.29) is 5.78 Å². The molecule has 2 aromatic rings. The second-order valence-corrected chi connectivity index (χ2v) is 5.74. The number of benzene rings is 1. The molecule has 1 aromatic heterocycles. The van der Waals surface area contributed by atoms with Gasteiger partial charge in [-0.15, -0.1) is 0 Å². The molecule has 0 fully saturated rings. The maximum atomic E-state index is 13.3. The van der Waals surface area contributed by atoms with Crippen LogP contribution in [0.4, 0.5) is 8.78 Å². The minimum atomic E-state index is -0.616. The van der Waals surface area contributed by atoms with E-state index in [0.717, 1.165) is 28.2 Å². The van der Waals surface area contributed by atoms with Gasteiger partial charge in [-0.05, 0) is 47.6 Å². The quantitative estimate of drug-likeness (QED) is 0.696. The topological polar surface area (TPSA) is 22.0 Å². The zero-order valence-corrected chi connectivity index (χ0v) is 12.1. The first-order valence-electron chi connectivity index (χ1n) is 5.95. The van der Waals surface area contributed by atoms with Gasteiger partial charge in [0.25, 0.3) is 0 Å². The average Bonchev–Trinajstić information content (AvgIpc) is 2.67. The number of ketones is 1. The van der Waals surface area contributed by atoms with E-state index >= 15 is 0 Å². The highest BCUT2D eigenvalue weighted by molar-refractivity contribution is 14.1. The maximum absolute atomic E-state index is 13.3. The summed E-state index contributed by atoms with van der Waals surface area (Å²) in [5, 5.41) is 0. The lowest BCUT2D eigenvalue weighted by Gasteiger charge is -2.15. The smallest absolute Gasteiger partial charge is 0.165 e. The summed E-state index contributed by atoms with van der Waals surface area (Å²) >= 11 is 2.09. The number of nitrogens with zero attached hydrogens (tertiary/aromatic N) is 1. The highest BCUT2D eigenvalue weighted by Crippen LogP contribution is 2.30. The Hall–Kier alpha value is -1.24. The van der Waals surface area contributed by atoms with Crippen LogP contribution in [0.1, 0.15) is 28.9 Å². The predicted octanol–water partition coefficient (Wildman–Crippen LogP) is 3.88. The van der Waals surface area contributed by atoms with Crippen molar-refractivity contribution in [1.29, 1.82) is 0 Å². The van der Waals surface area contributed by atoms with Gasteiger partial charge in [0, 0.05) is 27.9 Å². The van der Waals surface area contributed by atoms with Crippen LogP contribution in [0.25, 0.3) is 5.69 Å². The van der Waals surface area contributed by atoms with Crippen LogP contribution in [0, 0.1) is 15.2 Å². The highest BCUT2D eigenvalue weighted by Gasteiger charge is 2.25. The van der Waals surface area contributed by atoms with Gasteiger partial charge in [0.05, 0.1) is 11.3 Å². The second kappa shape index (κ2) is 4.70. The Kier molecular flexibility index (Phi) is 3.16. The third kappa shape index (κ3) is 2.20. The number of aromatic nitrogens is 1. The fraction of sp³-hybridized carbons (Fsp3) is 0.214. The van der Waals surface area contributed by atoms with Gasteiger partial charge in [-0.3, -0.25) is 4.79 Å². The van der Waals surface area contributed by atoms with Crippen molar-refractivity contribution in [2.45, 2.75) is 19.3 Å². The van der Waals surface area contributed by atoms with Crippen LogP contribution in [-0.2, 0) is 6.42 Å². The average molecular weight is 373 g/mol. The Morgan fingerprint density at radius 2 is 1.79 bits per heavy atom. The molecule has 1 heterocycles. The Labute approximate surface area is 122 Å². The summed E-state index contributed by atoms with van der Waals surface area (Å²) in [5.74, 6) is -1.12. The van der Waals surface area contributed by atoms with Crippen LogP contribution < -0.4 is 0 Å². The molecular formula is C14H10F2INO. The first-order valence-corrected chi connectivity index (χ1v) is 7.03. The van der Waals surface area contributed by atoms with E-state index in [1.807, 2.05) is 0 Å². The molecule has 0 saturated heterocycles. The number of hydrogen-bond acceptors (Lipinski definition) is 1. The fourth-order valence-electron chi connectivity index (χ4n) is 2.50. The van der Waals surface area contributed by atoms with Crippen LogP contribution in [0.3, 0.4) is 0 Å². The second-order valence-electron chi connectivity index (χ2n) is 4.57. The predicted molar refractivity (Wildman–Crippen MR) is 75.7 cm³/mol. The van der Waals surface area contributed by atoms with Crippen molar-refractivity contribution < 1.29 is 13.6 Å². The molecule has 5 heteroatoms. The molecule has 1 aliphatic carbocycles. The van der Waals surface area contributed by atoms with E-state index in [9.17, 15) is 13.6 Å². The van der Waals surface area contributed by atoms with Gasteiger partial charge >= 0.3 is 0 Å². The van der Waals surface area contributed by atoms with Gasteiger partial charge in [-0.25, -0.2) is 8.78 Å². The standard InChI is InChI=1S/C14H10F2INO/c15-8-4-9(16)6-10(5-8)18-7-11(17)14-12(18)2-1-3-13(14)19/h4-7H,1-3H2. The lowest BCUT2D eigenvalue weighted by atomic mass is 9.96. The molecule has 19 heavy (non-hydrogen) atoms. The molecule has 0 N–H and O–H groups in total. The fourth-order valence-corrected chi connectivity index (χ4v) is 3.39. The number of fused-ring (bicyclic) bond motifs is 1. The monoisotopic (exact) mass is 373 g/mol. The highest BCUT2D eigenvalue weighted by atomic mass is 127. The largest absolute Gasteiger partial charge is 0.319 e. The summed E-state index contributed by atoms with van der Waals surface area (Å²) in [6.07, 6.45) is 3.85. The van der Waals surface area contributed by atoms with Crippen LogP contribution in [0.15, 0.2) is 24.4 Å². The molecular weight excluding hydrogens is 363 g/mol. The normalized spacial score (nSPS) is 14.6. The van der Waals surface area contributed by atoms with Gasteiger partial charge < -0.3 is 4.57 Å². The summed E-state index contributed by atoms with van der Waals surface area (Å²) in [5.41, 5.74) is 1.98. The van der Waals surface area contributed by atoms with Crippen molar-refractivity contribution >= 4 is 28.4 Å². The summed E-state index contributed by atoms with van der Waals surface area (Å²) in [6, 6.07) is 3.40. The summed E-state index contributed by atoms with van der Waals surface area (Å²) in [7, 11) is 0. The molecule has 1 aliphatic rings. The maximum Gasteiger partial charge on any atom is 0.165 e. The third-order valence-corrected chi connectivity index (χ3v) is 4.10. The molecule has 0 bridgehead atoms. The van der Waals surface area contributed by atoms with Crippen molar-refractivity contribution in [2.24, 2.45) is 0 Å². The Balaban J connectivity index is 2.21. The number of Topliss-reactive ketones (excluding diaryl/α,β-unsaturated/α-hetero) is 1. The van der Waals surface area contributed by atoms with Gasteiger partial charge in [0.15, 0.2) is 5.78 Å². The first kappa shape index (κ1) is 12.8. The van der Waals surface area contributed by atoms with E-state index < -0.39 is 11.6 Å². The van der Waals surface area contributed by atoms with Gasteiger partial charge in [0.2, 0.25) is 0 Å². The molecule has 0 amide bonds. The zero-order chi connectivity index (χ0) is 13.6. The van der Waals surface area contributed by atoms with Crippen molar-refractivity contribution in [3.63, 3.8) is 0 Å². The van der Waals surface area contributed by atoms with Crippen LogP contribution in [0.5, 0.6) is 0 Å². The minimum Gasteiger partial charge on any atom is -0.319 e. The van der Waals surface area contributed by atoms with Crippen molar-refractivity contribution in [3.05, 3.63) is 50.9 Å². The van der Waals surface area contributed by atoms with Crippen molar-refractivity contribution in [2.75, 3.05) is 0 Å². The minimum absolute atomic E-state index is 0.112. The molecule has 0 atom stereocenters. The van der Waals surface area contributed by atoms with Gasteiger partial charge in [-0.2, -0.15) is 0 Å². The number of carbonyl (C=O) groups is 1. The van der Waals surface area contributed by atoms with E-state index in [1.54, 1.807) is 10.8 Å². The molecule has 0 aliphatic heterocycles. The lowest BCUT2D eigenvalue weighted by molar-refractivity contribution is 0.0971. The number of carbonyl (C=O) groups excluding carboxylic acids is 1. The van der Waals surface area contributed by atoms with Crippen LogP contribution in [0.2, 0.25) is 0 Å². The Bertz CT molecular complexity index is 658. The molecule has 0 spiro atoms. The van der Waals surface area contributed by atoms with Crippen LogP contribution >= 0.6 is 22.6 Å². The summed E-state index contributed by atoms with van der Waals surface area (Å²) < 4.78 is 29.2. The van der Waals surface area contributed by atoms with E-state index in [4.69, 9.17) is 0 Å². The third-order valence-electron chi connectivity index (χ3n) is 3.28. The Morgan fingerprint density at radius 3 is 2.47 bits per heavy atom. The number of halogens is 3. The van der Waals surface area contributed by atoms with Crippen LogP contribution in [-0.4, -0.2) is 10.4 Å². The number of hydrogen-bond donors (Lipinski definition) is 0. The van der Waals surface area contributed by atoms with Gasteiger partial charge in [0.1, 0.15) is 11.6 Å². The SMILES string of the molecule is O=C1CCCc2c1c(I)cn2-c1cc(F)cc(F)c1. The Morgan fingerprint density at radius 1 is 1.11 bits per heavy atom. The molecule has 0 saturated carbocycles. The molecule has 1 aromatic carbocycles. The molecule has 2 nitrogen and oxygen atoms in total. The lowest BCUT2D eigenvalue weighted by Crippen LogP contribution is -2.13. The van der Waals surface area contributed by atoms with Gasteiger partial charge in [-0.1, -0.05) is 0 Å². The molecule has 0 radical (unpaired) electrons. The van der Waals surface area contributed by atoms with E-state index in [2.05, 4.69) is 22.6 Å². The zero-order valence-electron chi connectivity index (χ0n) is 9.92. The summed E-state index contributed by atoms with van der Waals surface area (Å²) in [6.45, 7) is 0. The van der Waals surface area contributed by atoms with E-state index in [1.165, 1.54) is 12.1 Å². The summed E-state index contributed by atoms with van der Waals surface area (Å²) in [4.78, 5) is 11.9. The molecule has 3 rings (SSSR count).